The summed E-state index contributed by atoms with van der Waals surface area (Å²) in [6.07, 6.45) is 3.75. The smallest absolute Gasteiger partial charge is 0.407 e. The molecule has 0 radical (unpaired) electrons. The van der Waals surface area contributed by atoms with Crippen LogP contribution in [0, 0.1) is 0 Å². The molecule has 0 aliphatic heterocycles. The summed E-state index contributed by atoms with van der Waals surface area (Å²) in [6, 6.07) is 0.317. The predicted molar refractivity (Wildman–Crippen MR) is 52.3 cm³/mol. The Balaban J connectivity index is 2.63. The lowest BCUT2D eigenvalue weighted by Crippen LogP contribution is -2.21. The Hall–Kier alpha value is -1.52. The SMILES string of the molecule is CCC(C)n1cc(OC(=O)NC)cn1. The molecule has 5 heteroatoms. The van der Waals surface area contributed by atoms with E-state index in [9.17, 15) is 4.79 Å². The van der Waals surface area contributed by atoms with Crippen LogP contribution in [-0.2, 0) is 0 Å². The summed E-state index contributed by atoms with van der Waals surface area (Å²) in [5, 5.41) is 6.45. The molecule has 1 amide bonds. The zero-order chi connectivity index (χ0) is 10.6. The summed E-state index contributed by atoms with van der Waals surface area (Å²) < 4.78 is 6.68. The van der Waals surface area contributed by atoms with Gasteiger partial charge >= 0.3 is 6.09 Å². The molecule has 0 saturated heterocycles. The van der Waals surface area contributed by atoms with Gasteiger partial charge in [-0.1, -0.05) is 6.92 Å². The summed E-state index contributed by atoms with van der Waals surface area (Å²) in [6.45, 7) is 4.13. The van der Waals surface area contributed by atoms with E-state index in [1.165, 1.54) is 13.2 Å². The highest BCUT2D eigenvalue weighted by Crippen LogP contribution is 2.14. The number of rotatable bonds is 3. The third-order valence-corrected chi connectivity index (χ3v) is 2.03. The molecule has 1 aromatic heterocycles. The van der Waals surface area contributed by atoms with Crippen molar-refractivity contribution in [2.75, 3.05) is 7.05 Å². The lowest BCUT2D eigenvalue weighted by molar-refractivity contribution is 0.203. The fourth-order valence-corrected chi connectivity index (χ4v) is 0.959. The van der Waals surface area contributed by atoms with Gasteiger partial charge in [-0.25, -0.2) is 4.79 Å². The van der Waals surface area contributed by atoms with Crippen molar-refractivity contribution in [3.63, 3.8) is 0 Å². The van der Waals surface area contributed by atoms with Crippen LogP contribution in [0.1, 0.15) is 26.3 Å². The largest absolute Gasteiger partial charge is 0.412 e. The number of carbonyl (C=O) groups excluding carboxylic acids is 1. The summed E-state index contributed by atoms with van der Waals surface area (Å²) in [5.74, 6) is 0.463. The van der Waals surface area contributed by atoms with Gasteiger partial charge in [-0.05, 0) is 13.3 Å². The van der Waals surface area contributed by atoms with Crippen molar-refractivity contribution >= 4 is 6.09 Å². The number of amides is 1. The lowest BCUT2D eigenvalue weighted by atomic mass is 10.3. The maximum Gasteiger partial charge on any atom is 0.412 e. The normalized spacial score (nSPS) is 12.2. The third-order valence-electron chi connectivity index (χ3n) is 2.03. The molecule has 0 saturated carbocycles. The Kier molecular flexibility index (Phi) is 3.50. The van der Waals surface area contributed by atoms with Gasteiger partial charge in [-0.2, -0.15) is 5.10 Å². The van der Waals surface area contributed by atoms with Crippen LogP contribution in [0.15, 0.2) is 12.4 Å². The molecular formula is C9H15N3O2. The summed E-state index contributed by atoms with van der Waals surface area (Å²) in [4.78, 5) is 10.9. The Bertz CT molecular complexity index is 309. The average Bonchev–Trinajstić information content (AvgIpc) is 2.65. The standard InChI is InChI=1S/C9H15N3O2/c1-4-7(2)12-6-8(5-11-12)14-9(13)10-3/h5-7H,4H2,1-3H3,(H,10,13). The van der Waals surface area contributed by atoms with E-state index in [1.54, 1.807) is 10.9 Å². The molecule has 1 unspecified atom stereocenters. The Morgan fingerprint density at radius 1 is 1.79 bits per heavy atom. The first-order valence-corrected chi connectivity index (χ1v) is 4.61. The van der Waals surface area contributed by atoms with Crippen LogP contribution in [-0.4, -0.2) is 22.9 Å². The number of hydrogen-bond acceptors (Lipinski definition) is 3. The molecule has 0 aliphatic rings. The molecule has 78 valence electrons. The first kappa shape index (κ1) is 10.6. The molecule has 5 nitrogen and oxygen atoms in total. The number of nitrogens with zero attached hydrogens (tertiary/aromatic N) is 2. The third kappa shape index (κ3) is 2.48. The second kappa shape index (κ2) is 4.64. The van der Waals surface area contributed by atoms with Crippen LogP contribution >= 0.6 is 0 Å². The Morgan fingerprint density at radius 2 is 2.50 bits per heavy atom. The van der Waals surface area contributed by atoms with E-state index in [0.717, 1.165) is 6.42 Å². The van der Waals surface area contributed by atoms with Gasteiger partial charge in [0.1, 0.15) is 0 Å². The van der Waals surface area contributed by atoms with E-state index in [1.807, 2.05) is 0 Å². The van der Waals surface area contributed by atoms with E-state index in [-0.39, 0.29) is 0 Å². The van der Waals surface area contributed by atoms with Crippen molar-refractivity contribution in [3.05, 3.63) is 12.4 Å². The molecule has 0 spiro atoms. The number of hydrogen-bond donors (Lipinski definition) is 1. The van der Waals surface area contributed by atoms with E-state index >= 15 is 0 Å². The highest BCUT2D eigenvalue weighted by molar-refractivity contribution is 5.69. The van der Waals surface area contributed by atoms with Crippen molar-refractivity contribution in [1.82, 2.24) is 15.1 Å². The second-order valence-electron chi connectivity index (χ2n) is 3.05. The highest BCUT2D eigenvalue weighted by atomic mass is 16.6. The van der Waals surface area contributed by atoms with Crippen molar-refractivity contribution in [3.8, 4) is 5.75 Å². The minimum atomic E-state index is -0.478. The van der Waals surface area contributed by atoms with Crippen molar-refractivity contribution in [1.29, 1.82) is 0 Å². The van der Waals surface area contributed by atoms with Crippen LogP contribution < -0.4 is 10.1 Å². The van der Waals surface area contributed by atoms with E-state index < -0.39 is 6.09 Å². The van der Waals surface area contributed by atoms with Crippen molar-refractivity contribution in [2.45, 2.75) is 26.3 Å². The number of carbonyl (C=O) groups is 1. The topological polar surface area (TPSA) is 56.1 Å². The van der Waals surface area contributed by atoms with Gasteiger partial charge in [-0.3, -0.25) is 4.68 Å². The van der Waals surface area contributed by atoms with Crippen LogP contribution in [0.4, 0.5) is 4.79 Å². The molecule has 1 rings (SSSR count). The first-order valence-electron chi connectivity index (χ1n) is 4.61. The molecule has 0 aromatic carbocycles. The minimum absolute atomic E-state index is 0.317. The van der Waals surface area contributed by atoms with E-state index in [2.05, 4.69) is 24.3 Å². The van der Waals surface area contributed by atoms with Gasteiger partial charge in [0.05, 0.1) is 12.4 Å². The summed E-state index contributed by atoms with van der Waals surface area (Å²) in [5.41, 5.74) is 0. The Morgan fingerprint density at radius 3 is 3.07 bits per heavy atom. The molecule has 0 aliphatic carbocycles. The van der Waals surface area contributed by atoms with Crippen molar-refractivity contribution < 1.29 is 9.53 Å². The Labute approximate surface area is 83.1 Å². The molecule has 1 N–H and O–H groups in total. The fraction of sp³-hybridized carbons (Fsp3) is 0.556. The first-order chi connectivity index (χ1) is 6.67. The molecule has 0 fully saturated rings. The molecule has 1 aromatic rings. The van der Waals surface area contributed by atoms with E-state index in [0.29, 0.717) is 11.8 Å². The van der Waals surface area contributed by atoms with Gasteiger partial charge < -0.3 is 10.1 Å². The molecule has 1 atom stereocenters. The molecular weight excluding hydrogens is 182 g/mol. The van der Waals surface area contributed by atoms with Gasteiger partial charge in [0.15, 0.2) is 5.75 Å². The summed E-state index contributed by atoms with van der Waals surface area (Å²) in [7, 11) is 1.52. The maximum atomic E-state index is 10.9. The molecule has 1 heterocycles. The quantitative estimate of drug-likeness (QED) is 0.800. The predicted octanol–water partition coefficient (Wildman–Crippen LogP) is 1.57. The van der Waals surface area contributed by atoms with Gasteiger partial charge in [-0.15, -0.1) is 0 Å². The average molecular weight is 197 g/mol. The maximum absolute atomic E-state index is 10.9. The molecule has 0 bridgehead atoms. The number of aromatic nitrogens is 2. The van der Waals surface area contributed by atoms with E-state index in [4.69, 9.17) is 4.74 Å². The van der Waals surface area contributed by atoms with Gasteiger partial charge in [0.25, 0.3) is 0 Å². The number of ether oxygens (including phenoxy) is 1. The van der Waals surface area contributed by atoms with Crippen LogP contribution in [0.2, 0.25) is 0 Å². The van der Waals surface area contributed by atoms with Gasteiger partial charge in [0.2, 0.25) is 0 Å². The minimum Gasteiger partial charge on any atom is -0.407 e. The zero-order valence-electron chi connectivity index (χ0n) is 8.65. The lowest BCUT2D eigenvalue weighted by Gasteiger charge is -2.07. The van der Waals surface area contributed by atoms with Crippen molar-refractivity contribution in [2.24, 2.45) is 0 Å². The fourth-order valence-electron chi connectivity index (χ4n) is 0.959. The summed E-state index contributed by atoms with van der Waals surface area (Å²) >= 11 is 0. The van der Waals surface area contributed by atoms with Crippen LogP contribution in [0.3, 0.4) is 0 Å². The van der Waals surface area contributed by atoms with Crippen LogP contribution in [0.5, 0.6) is 5.75 Å². The van der Waals surface area contributed by atoms with Crippen LogP contribution in [0.25, 0.3) is 0 Å². The zero-order valence-corrected chi connectivity index (χ0v) is 8.65. The number of nitrogens with one attached hydrogen (secondary N) is 1. The molecule has 14 heavy (non-hydrogen) atoms. The van der Waals surface area contributed by atoms with Gasteiger partial charge in [0, 0.05) is 13.1 Å². The monoisotopic (exact) mass is 197 g/mol. The highest BCUT2D eigenvalue weighted by Gasteiger charge is 2.07. The second-order valence-corrected chi connectivity index (χ2v) is 3.05.